The van der Waals surface area contributed by atoms with E-state index in [9.17, 15) is 18.4 Å². The molecule has 3 aliphatic rings. The number of nitrogens with two attached hydrogens (primary N) is 1. The SMILES string of the molecule is NC(=O)CNc1cc2c(c3c1CC3)-c1nc(N3C(=O)OCC3C(F)F)cn1CCO2. The molecule has 1 aromatic heterocycles. The highest BCUT2D eigenvalue weighted by Crippen LogP contribution is 2.46. The number of benzene rings is 1. The van der Waals surface area contributed by atoms with Crippen LogP contribution in [0.4, 0.5) is 25.1 Å². The van der Waals surface area contributed by atoms with Crippen LogP contribution in [0.25, 0.3) is 11.4 Å². The molecule has 1 atom stereocenters. The Morgan fingerprint density at radius 1 is 1.33 bits per heavy atom. The number of halogens is 2. The fraction of sp³-hybridized carbons (Fsp3) is 0.421. The molecule has 1 aliphatic carbocycles. The van der Waals surface area contributed by atoms with Crippen molar-refractivity contribution in [2.75, 3.05) is 30.0 Å². The van der Waals surface area contributed by atoms with Gasteiger partial charge in [-0.3, -0.25) is 4.79 Å². The van der Waals surface area contributed by atoms with Crippen LogP contribution in [-0.4, -0.2) is 53.8 Å². The second kappa shape index (κ2) is 6.85. The summed E-state index contributed by atoms with van der Waals surface area (Å²) in [6.07, 6.45) is -0.373. The second-order valence-electron chi connectivity index (χ2n) is 7.39. The highest BCUT2D eigenvalue weighted by atomic mass is 19.3. The molecule has 11 heteroatoms. The first-order valence-electron chi connectivity index (χ1n) is 9.59. The number of hydrogen-bond acceptors (Lipinski definition) is 6. The summed E-state index contributed by atoms with van der Waals surface area (Å²) in [7, 11) is 0. The van der Waals surface area contributed by atoms with Gasteiger partial charge in [0.25, 0.3) is 6.43 Å². The number of imidazole rings is 1. The molecule has 9 nitrogen and oxygen atoms in total. The van der Waals surface area contributed by atoms with Crippen LogP contribution in [0.15, 0.2) is 12.3 Å². The van der Waals surface area contributed by atoms with Gasteiger partial charge in [0.1, 0.15) is 30.8 Å². The average molecular weight is 419 g/mol. The Bertz CT molecular complexity index is 1050. The molecule has 2 aromatic rings. The number of hydrogen-bond donors (Lipinski definition) is 2. The highest BCUT2D eigenvalue weighted by molar-refractivity contribution is 5.90. The molecule has 0 bridgehead atoms. The summed E-state index contributed by atoms with van der Waals surface area (Å²) in [5.74, 6) is 0.813. The molecule has 1 saturated heterocycles. The number of carbonyl (C=O) groups excluding carboxylic acids is 2. The van der Waals surface area contributed by atoms with Crippen molar-refractivity contribution in [2.24, 2.45) is 5.73 Å². The van der Waals surface area contributed by atoms with Crippen molar-refractivity contribution < 1.29 is 27.8 Å². The minimum Gasteiger partial charge on any atom is -0.491 e. The number of fused-ring (bicyclic) bond motifs is 5. The summed E-state index contributed by atoms with van der Waals surface area (Å²) in [5.41, 5.74) is 8.87. The summed E-state index contributed by atoms with van der Waals surface area (Å²) in [6, 6.07) is 0.447. The zero-order valence-corrected chi connectivity index (χ0v) is 15.9. The average Bonchev–Trinajstić information content (AvgIpc) is 3.20. The van der Waals surface area contributed by atoms with Gasteiger partial charge in [-0.25, -0.2) is 23.5 Å². The smallest absolute Gasteiger partial charge is 0.416 e. The molecular weight excluding hydrogens is 400 g/mol. The lowest BCUT2D eigenvalue weighted by molar-refractivity contribution is -0.116. The second-order valence-corrected chi connectivity index (χ2v) is 7.39. The van der Waals surface area contributed by atoms with Crippen molar-refractivity contribution in [1.29, 1.82) is 0 Å². The van der Waals surface area contributed by atoms with Gasteiger partial charge in [0.2, 0.25) is 5.91 Å². The lowest BCUT2D eigenvalue weighted by Crippen LogP contribution is -2.38. The molecule has 30 heavy (non-hydrogen) atoms. The number of aromatic nitrogens is 2. The maximum atomic E-state index is 13.4. The van der Waals surface area contributed by atoms with Crippen LogP contribution in [0.2, 0.25) is 0 Å². The molecule has 0 spiro atoms. The number of primary amides is 1. The van der Waals surface area contributed by atoms with Crippen molar-refractivity contribution in [1.82, 2.24) is 9.55 Å². The third-order valence-electron chi connectivity index (χ3n) is 5.61. The van der Waals surface area contributed by atoms with E-state index in [0.717, 1.165) is 40.1 Å². The highest BCUT2D eigenvalue weighted by Gasteiger charge is 2.42. The van der Waals surface area contributed by atoms with E-state index < -0.39 is 24.5 Å². The zero-order valence-electron chi connectivity index (χ0n) is 15.9. The molecule has 3 N–H and O–H groups in total. The largest absolute Gasteiger partial charge is 0.491 e. The number of alkyl halides is 2. The molecule has 5 rings (SSSR count). The third kappa shape index (κ3) is 2.84. The maximum absolute atomic E-state index is 13.4. The van der Waals surface area contributed by atoms with E-state index in [1.165, 1.54) is 0 Å². The van der Waals surface area contributed by atoms with Crippen LogP contribution >= 0.6 is 0 Å². The number of nitrogens with zero attached hydrogens (tertiary/aromatic N) is 3. The summed E-state index contributed by atoms with van der Waals surface area (Å²) >= 11 is 0. The number of anilines is 2. The minimum atomic E-state index is -2.74. The molecule has 1 unspecified atom stereocenters. The summed E-state index contributed by atoms with van der Waals surface area (Å²) in [5, 5.41) is 3.04. The number of nitrogens with one attached hydrogen (secondary N) is 1. The standard InChI is InChI=1S/C19H19F2N5O4/c20-17(21)12-8-30-19(28)26(12)15-7-25-3-4-29-13-5-11(23-6-14(22)27)9-1-2-10(9)16(13)18(25)24-15/h5,7,12,17,23H,1-4,6,8H2,(H2,22,27). The van der Waals surface area contributed by atoms with E-state index in [0.29, 0.717) is 24.7 Å². The summed E-state index contributed by atoms with van der Waals surface area (Å²) in [6.45, 7) is 0.420. The lowest BCUT2D eigenvalue weighted by atomic mass is 9.82. The number of carbonyl (C=O) groups is 2. The monoisotopic (exact) mass is 419 g/mol. The van der Waals surface area contributed by atoms with Crippen LogP contribution in [0.5, 0.6) is 5.75 Å². The summed E-state index contributed by atoms with van der Waals surface area (Å²) in [4.78, 5) is 28.7. The Morgan fingerprint density at radius 2 is 2.13 bits per heavy atom. The Morgan fingerprint density at radius 3 is 2.83 bits per heavy atom. The van der Waals surface area contributed by atoms with Crippen LogP contribution < -0.4 is 20.7 Å². The minimum absolute atomic E-state index is 0.0100. The molecule has 158 valence electrons. The fourth-order valence-electron chi connectivity index (χ4n) is 4.11. The molecular formula is C19H19F2N5O4. The number of ether oxygens (including phenoxy) is 2. The number of amides is 2. The van der Waals surface area contributed by atoms with Gasteiger partial charge in [0.05, 0.1) is 18.7 Å². The Balaban J connectivity index is 1.57. The van der Waals surface area contributed by atoms with Gasteiger partial charge in [-0.2, -0.15) is 0 Å². The molecule has 0 radical (unpaired) electrons. The van der Waals surface area contributed by atoms with Gasteiger partial charge >= 0.3 is 6.09 Å². The van der Waals surface area contributed by atoms with Gasteiger partial charge in [0.15, 0.2) is 5.82 Å². The molecule has 3 heterocycles. The van der Waals surface area contributed by atoms with E-state index in [4.69, 9.17) is 15.2 Å². The topological polar surface area (TPSA) is 112 Å². The molecule has 2 aliphatic heterocycles. The summed E-state index contributed by atoms with van der Waals surface area (Å²) < 4.78 is 39.3. The van der Waals surface area contributed by atoms with Crippen molar-refractivity contribution in [3.05, 3.63) is 23.4 Å². The molecule has 2 amide bonds. The molecule has 1 fully saturated rings. The maximum Gasteiger partial charge on any atom is 0.416 e. The quantitative estimate of drug-likeness (QED) is 0.760. The van der Waals surface area contributed by atoms with E-state index in [1.54, 1.807) is 6.20 Å². The van der Waals surface area contributed by atoms with E-state index in [2.05, 4.69) is 10.3 Å². The number of cyclic esters (lactones) is 1. The Labute approximate surface area is 169 Å². The molecule has 0 saturated carbocycles. The van der Waals surface area contributed by atoms with Crippen molar-refractivity contribution in [2.45, 2.75) is 31.9 Å². The number of rotatable bonds is 5. The van der Waals surface area contributed by atoms with Gasteiger partial charge in [-0.1, -0.05) is 0 Å². The van der Waals surface area contributed by atoms with Crippen LogP contribution in [0, 0.1) is 0 Å². The van der Waals surface area contributed by atoms with Crippen molar-refractivity contribution >= 4 is 23.5 Å². The Hall–Kier alpha value is -3.37. The fourth-order valence-corrected chi connectivity index (χ4v) is 4.11. The van der Waals surface area contributed by atoms with Gasteiger partial charge in [-0.05, 0) is 24.0 Å². The van der Waals surface area contributed by atoms with Crippen LogP contribution in [0.3, 0.4) is 0 Å². The normalized spacial score (nSPS) is 19.2. The first kappa shape index (κ1) is 18.6. The van der Waals surface area contributed by atoms with Gasteiger partial charge in [-0.15, -0.1) is 0 Å². The van der Waals surface area contributed by atoms with Crippen molar-refractivity contribution in [3.63, 3.8) is 0 Å². The van der Waals surface area contributed by atoms with E-state index in [-0.39, 0.29) is 19.0 Å². The lowest BCUT2D eigenvalue weighted by Gasteiger charge is -2.27. The van der Waals surface area contributed by atoms with Gasteiger partial charge in [0, 0.05) is 18.0 Å². The van der Waals surface area contributed by atoms with Crippen LogP contribution in [-0.2, 0) is 28.9 Å². The molecule has 1 aromatic carbocycles. The van der Waals surface area contributed by atoms with Crippen LogP contribution in [0.1, 0.15) is 11.1 Å². The van der Waals surface area contributed by atoms with Crippen molar-refractivity contribution in [3.8, 4) is 17.1 Å². The van der Waals surface area contributed by atoms with Gasteiger partial charge < -0.3 is 25.1 Å². The van der Waals surface area contributed by atoms with E-state index in [1.807, 2.05) is 10.6 Å². The predicted octanol–water partition coefficient (Wildman–Crippen LogP) is 1.53. The zero-order chi connectivity index (χ0) is 21.0. The first-order chi connectivity index (χ1) is 14.4. The first-order valence-corrected chi connectivity index (χ1v) is 9.59. The Kier molecular flexibility index (Phi) is 4.26. The third-order valence-corrected chi connectivity index (χ3v) is 5.61. The predicted molar refractivity (Wildman–Crippen MR) is 102 cm³/mol. The van der Waals surface area contributed by atoms with E-state index >= 15 is 0 Å².